The van der Waals surface area contributed by atoms with Crippen molar-refractivity contribution in [2.45, 2.75) is 0 Å². The van der Waals surface area contributed by atoms with E-state index in [4.69, 9.17) is 0 Å². The van der Waals surface area contributed by atoms with Crippen LogP contribution in [0.1, 0.15) is 0 Å². The molecule has 4 rings (SSSR count). The smallest absolute Gasteiger partial charge is 0.275 e. The van der Waals surface area contributed by atoms with Crippen molar-refractivity contribution in [3.63, 3.8) is 0 Å². The number of hydrogen-bond acceptors (Lipinski definition) is 3. The van der Waals surface area contributed by atoms with Crippen LogP contribution in [0.3, 0.4) is 0 Å². The van der Waals surface area contributed by atoms with Gasteiger partial charge >= 0.3 is 0 Å². The Morgan fingerprint density at radius 3 is 2.65 bits per heavy atom. The molecular formula is C15H10N4O. The summed E-state index contributed by atoms with van der Waals surface area (Å²) in [6.07, 6.45) is 1.68. The summed E-state index contributed by atoms with van der Waals surface area (Å²) >= 11 is 0. The Balaban J connectivity index is 2.11. The highest BCUT2D eigenvalue weighted by Crippen LogP contribution is 2.21. The highest BCUT2D eigenvalue weighted by molar-refractivity contribution is 6.03. The summed E-state index contributed by atoms with van der Waals surface area (Å²) in [6, 6.07) is 13.3. The summed E-state index contributed by atoms with van der Waals surface area (Å²) in [5.74, 6) is 0.563. The number of nitrogens with one attached hydrogen (secondary N) is 2. The number of nitrogens with zero attached hydrogens (tertiary/aromatic N) is 2. The molecular weight excluding hydrogens is 252 g/mol. The van der Waals surface area contributed by atoms with E-state index in [0.29, 0.717) is 22.5 Å². The molecule has 96 valence electrons. The van der Waals surface area contributed by atoms with E-state index in [-0.39, 0.29) is 5.56 Å². The van der Waals surface area contributed by atoms with Gasteiger partial charge in [-0.1, -0.05) is 30.3 Å². The van der Waals surface area contributed by atoms with Gasteiger partial charge in [0.05, 0.1) is 0 Å². The minimum Gasteiger partial charge on any atom is -0.333 e. The zero-order valence-corrected chi connectivity index (χ0v) is 10.4. The number of aromatic amines is 2. The zero-order chi connectivity index (χ0) is 13.5. The molecule has 0 saturated heterocycles. The lowest BCUT2D eigenvalue weighted by atomic mass is 10.2. The molecule has 20 heavy (non-hydrogen) atoms. The average Bonchev–Trinajstić information content (AvgIpc) is 2.88. The summed E-state index contributed by atoms with van der Waals surface area (Å²) in [5, 5.41) is 0.853. The van der Waals surface area contributed by atoms with Gasteiger partial charge in [0, 0.05) is 17.1 Å². The number of hydrogen-bond donors (Lipinski definition) is 2. The first-order valence-electron chi connectivity index (χ1n) is 6.25. The Hall–Kier alpha value is -2.95. The average molecular weight is 262 g/mol. The van der Waals surface area contributed by atoms with Crippen molar-refractivity contribution in [1.82, 2.24) is 19.9 Å². The van der Waals surface area contributed by atoms with Crippen LogP contribution < -0.4 is 5.56 Å². The summed E-state index contributed by atoms with van der Waals surface area (Å²) in [7, 11) is 0. The van der Waals surface area contributed by atoms with E-state index < -0.39 is 0 Å². The molecule has 0 bridgehead atoms. The number of pyridine rings is 1. The molecule has 4 aromatic rings. The Bertz CT molecular complexity index is 969. The van der Waals surface area contributed by atoms with Crippen LogP contribution in [0.2, 0.25) is 0 Å². The van der Waals surface area contributed by atoms with Gasteiger partial charge in [-0.15, -0.1) is 0 Å². The van der Waals surface area contributed by atoms with Crippen molar-refractivity contribution >= 4 is 22.1 Å². The first-order chi connectivity index (χ1) is 9.83. The zero-order valence-electron chi connectivity index (χ0n) is 10.4. The molecule has 0 aliphatic rings. The molecule has 0 spiro atoms. The third kappa shape index (κ3) is 1.53. The van der Waals surface area contributed by atoms with Crippen molar-refractivity contribution in [2.24, 2.45) is 0 Å². The molecule has 0 amide bonds. The fourth-order valence-corrected chi connectivity index (χ4v) is 2.33. The Labute approximate surface area is 113 Å². The molecule has 0 fully saturated rings. The fourth-order valence-electron chi connectivity index (χ4n) is 2.33. The van der Waals surface area contributed by atoms with E-state index in [9.17, 15) is 4.79 Å². The van der Waals surface area contributed by atoms with Crippen LogP contribution in [-0.4, -0.2) is 19.9 Å². The van der Waals surface area contributed by atoms with Crippen molar-refractivity contribution in [1.29, 1.82) is 0 Å². The number of H-pyrrole nitrogens is 2. The number of benzene rings is 1. The van der Waals surface area contributed by atoms with Crippen LogP contribution in [0, 0.1) is 0 Å². The van der Waals surface area contributed by atoms with Crippen LogP contribution in [0.25, 0.3) is 33.5 Å². The van der Waals surface area contributed by atoms with Crippen LogP contribution >= 0.6 is 0 Å². The summed E-state index contributed by atoms with van der Waals surface area (Å²) in [6.45, 7) is 0. The second-order valence-corrected chi connectivity index (χ2v) is 4.53. The van der Waals surface area contributed by atoms with Crippen molar-refractivity contribution in [2.75, 3.05) is 0 Å². The minimum atomic E-state index is -0.188. The Morgan fingerprint density at radius 1 is 0.950 bits per heavy atom. The lowest BCUT2D eigenvalue weighted by Crippen LogP contribution is -2.09. The van der Waals surface area contributed by atoms with Gasteiger partial charge in [-0.2, -0.15) is 0 Å². The minimum absolute atomic E-state index is 0.188. The summed E-state index contributed by atoms with van der Waals surface area (Å²) < 4.78 is 0. The topological polar surface area (TPSA) is 74.4 Å². The lowest BCUT2D eigenvalue weighted by Gasteiger charge is -2.00. The molecule has 0 saturated carbocycles. The maximum Gasteiger partial charge on any atom is 0.275 e. The second kappa shape index (κ2) is 4.03. The molecule has 0 aliphatic heterocycles. The SMILES string of the molecule is O=c1[nH]c(-c2ccccc2)nc2c1[nH]c1ncccc12. The summed E-state index contributed by atoms with van der Waals surface area (Å²) in [5.41, 5.74) is 2.47. The fraction of sp³-hybridized carbons (Fsp3) is 0. The predicted octanol–water partition coefficient (Wildman–Crippen LogP) is 2.47. The van der Waals surface area contributed by atoms with E-state index >= 15 is 0 Å². The molecule has 1 aromatic carbocycles. The van der Waals surface area contributed by atoms with Gasteiger partial charge in [0.15, 0.2) is 0 Å². The van der Waals surface area contributed by atoms with E-state index in [1.807, 2.05) is 42.5 Å². The molecule has 5 nitrogen and oxygen atoms in total. The van der Waals surface area contributed by atoms with Crippen LogP contribution in [0.5, 0.6) is 0 Å². The molecule has 0 radical (unpaired) electrons. The third-order valence-electron chi connectivity index (χ3n) is 3.27. The maximum atomic E-state index is 12.2. The van der Waals surface area contributed by atoms with E-state index in [1.54, 1.807) is 6.20 Å². The second-order valence-electron chi connectivity index (χ2n) is 4.53. The number of rotatable bonds is 1. The van der Waals surface area contributed by atoms with Gasteiger partial charge in [0.25, 0.3) is 5.56 Å². The van der Waals surface area contributed by atoms with Crippen LogP contribution in [-0.2, 0) is 0 Å². The molecule has 3 heterocycles. The molecule has 0 unspecified atom stereocenters. The standard InChI is InChI=1S/C15H10N4O/c20-15-12-11(10-7-4-8-16-14(10)18-12)17-13(19-15)9-5-2-1-3-6-9/h1-8H,(H,16,18)(H,17,19,20). The quantitative estimate of drug-likeness (QED) is 0.553. The molecule has 0 atom stereocenters. The number of aromatic nitrogens is 4. The first kappa shape index (κ1) is 10.9. The highest BCUT2D eigenvalue weighted by atomic mass is 16.1. The summed E-state index contributed by atoms with van der Waals surface area (Å²) in [4.78, 5) is 26.8. The van der Waals surface area contributed by atoms with Gasteiger partial charge in [0.1, 0.15) is 22.5 Å². The monoisotopic (exact) mass is 262 g/mol. The third-order valence-corrected chi connectivity index (χ3v) is 3.27. The molecule has 2 N–H and O–H groups in total. The predicted molar refractivity (Wildman–Crippen MR) is 77.5 cm³/mol. The number of fused-ring (bicyclic) bond motifs is 3. The van der Waals surface area contributed by atoms with Crippen molar-refractivity contribution in [3.05, 3.63) is 59.0 Å². The van der Waals surface area contributed by atoms with Gasteiger partial charge in [0.2, 0.25) is 0 Å². The van der Waals surface area contributed by atoms with Crippen molar-refractivity contribution in [3.8, 4) is 11.4 Å². The van der Waals surface area contributed by atoms with E-state index in [1.165, 1.54) is 0 Å². The van der Waals surface area contributed by atoms with Gasteiger partial charge in [-0.25, -0.2) is 9.97 Å². The molecule has 0 aliphatic carbocycles. The molecule has 3 aromatic heterocycles. The normalized spacial score (nSPS) is 11.2. The van der Waals surface area contributed by atoms with E-state index in [0.717, 1.165) is 10.9 Å². The highest BCUT2D eigenvalue weighted by Gasteiger charge is 2.11. The van der Waals surface area contributed by atoms with E-state index in [2.05, 4.69) is 19.9 Å². The van der Waals surface area contributed by atoms with Crippen LogP contribution in [0.4, 0.5) is 0 Å². The van der Waals surface area contributed by atoms with Crippen molar-refractivity contribution < 1.29 is 0 Å². The Kier molecular flexibility index (Phi) is 2.20. The largest absolute Gasteiger partial charge is 0.333 e. The first-order valence-corrected chi connectivity index (χ1v) is 6.25. The van der Waals surface area contributed by atoms with Crippen LogP contribution in [0.15, 0.2) is 53.5 Å². The van der Waals surface area contributed by atoms with Gasteiger partial charge in [-0.3, -0.25) is 4.79 Å². The maximum absolute atomic E-state index is 12.2. The van der Waals surface area contributed by atoms with Gasteiger partial charge < -0.3 is 9.97 Å². The lowest BCUT2D eigenvalue weighted by molar-refractivity contribution is 1.17. The molecule has 5 heteroatoms. The van der Waals surface area contributed by atoms with Gasteiger partial charge in [-0.05, 0) is 12.1 Å². The Morgan fingerprint density at radius 2 is 1.80 bits per heavy atom.